The summed E-state index contributed by atoms with van der Waals surface area (Å²) < 4.78 is 1.96. The molecule has 6 nitrogen and oxygen atoms in total. The Balaban J connectivity index is 1.99. The van der Waals surface area contributed by atoms with Crippen LogP contribution in [-0.2, 0) is 13.0 Å². The Kier molecular flexibility index (Phi) is 5.72. The Morgan fingerprint density at radius 2 is 1.82 bits per heavy atom. The molecule has 3 aromatic rings. The highest BCUT2D eigenvalue weighted by atomic mass is 35.5. The number of nitro benzene ring substituents is 1. The minimum Gasteiger partial charge on any atom is -0.366 e. The molecule has 0 unspecified atom stereocenters. The topological polar surface area (TPSA) is 91.2 Å². The predicted molar refractivity (Wildman–Crippen MR) is 110 cm³/mol. The van der Waals surface area contributed by atoms with E-state index in [1.807, 2.05) is 17.6 Å². The molecule has 0 aliphatic carbocycles. The van der Waals surface area contributed by atoms with Crippen LogP contribution < -0.4 is 5.73 Å². The molecule has 28 heavy (non-hydrogen) atoms. The van der Waals surface area contributed by atoms with Gasteiger partial charge in [-0.1, -0.05) is 29.3 Å². The zero-order valence-electron chi connectivity index (χ0n) is 15.0. The molecular weight excluding hydrogens is 401 g/mol. The van der Waals surface area contributed by atoms with Crippen molar-refractivity contribution in [2.45, 2.75) is 19.9 Å². The van der Waals surface area contributed by atoms with Crippen molar-refractivity contribution in [3.05, 3.63) is 85.5 Å². The van der Waals surface area contributed by atoms with E-state index >= 15 is 0 Å². The average molecular weight is 418 g/mol. The molecule has 0 atom stereocenters. The Hall–Kier alpha value is -2.83. The molecule has 1 aromatic heterocycles. The van der Waals surface area contributed by atoms with Crippen molar-refractivity contribution >= 4 is 34.8 Å². The number of amides is 1. The number of nitrogens with zero attached hydrogens (tertiary/aromatic N) is 2. The maximum atomic E-state index is 11.8. The fourth-order valence-corrected chi connectivity index (χ4v) is 3.64. The van der Waals surface area contributed by atoms with Crippen LogP contribution in [-0.4, -0.2) is 15.4 Å². The van der Waals surface area contributed by atoms with Crippen LogP contribution in [0.3, 0.4) is 0 Å². The quantitative estimate of drug-likeness (QED) is 0.450. The molecule has 0 radical (unpaired) electrons. The van der Waals surface area contributed by atoms with Crippen molar-refractivity contribution in [1.82, 2.24) is 4.57 Å². The van der Waals surface area contributed by atoms with Crippen molar-refractivity contribution in [3.63, 3.8) is 0 Å². The summed E-state index contributed by atoms with van der Waals surface area (Å²) >= 11 is 12.2. The highest BCUT2D eigenvalue weighted by Crippen LogP contribution is 2.29. The maximum Gasteiger partial charge on any atom is 0.269 e. The van der Waals surface area contributed by atoms with Crippen molar-refractivity contribution in [3.8, 4) is 11.3 Å². The zero-order valence-corrected chi connectivity index (χ0v) is 16.5. The van der Waals surface area contributed by atoms with E-state index in [1.165, 1.54) is 12.1 Å². The number of non-ortho nitro benzene ring substituents is 1. The number of hydrogen-bond acceptors (Lipinski definition) is 3. The van der Waals surface area contributed by atoms with Crippen molar-refractivity contribution in [1.29, 1.82) is 0 Å². The van der Waals surface area contributed by atoms with Gasteiger partial charge in [0.15, 0.2) is 0 Å². The van der Waals surface area contributed by atoms with Crippen LogP contribution >= 0.6 is 23.2 Å². The van der Waals surface area contributed by atoms with Gasteiger partial charge in [0.05, 0.1) is 10.5 Å². The summed E-state index contributed by atoms with van der Waals surface area (Å²) in [6.07, 6.45) is 0.615. The SMILES string of the molecule is Cc1c(C(N)=O)cc(-c2ccc([N+](=O)[O-])cc2)n1CCc1ccc(Cl)cc1Cl. The standard InChI is InChI=1S/C20H17Cl2N3O3/c1-12-17(20(23)26)11-19(14-3-6-16(7-4-14)25(27)28)24(12)9-8-13-2-5-15(21)10-18(13)22/h2-7,10-11H,8-9H2,1H3,(H2,23,26). The summed E-state index contributed by atoms with van der Waals surface area (Å²) in [5.74, 6) is -0.524. The average Bonchev–Trinajstić information content (AvgIpc) is 2.98. The largest absolute Gasteiger partial charge is 0.366 e. The molecule has 0 bridgehead atoms. The van der Waals surface area contributed by atoms with Gasteiger partial charge in [0.2, 0.25) is 0 Å². The Labute approximate surface area is 171 Å². The van der Waals surface area contributed by atoms with E-state index in [2.05, 4.69) is 0 Å². The van der Waals surface area contributed by atoms with Crippen LogP contribution in [0.4, 0.5) is 5.69 Å². The third-order valence-corrected chi connectivity index (χ3v) is 5.21. The first-order valence-electron chi connectivity index (χ1n) is 8.46. The monoisotopic (exact) mass is 417 g/mol. The highest BCUT2D eigenvalue weighted by Gasteiger charge is 2.18. The summed E-state index contributed by atoms with van der Waals surface area (Å²) in [5.41, 5.74) is 9.09. The molecule has 2 N–H and O–H groups in total. The molecule has 0 saturated carbocycles. The summed E-state index contributed by atoms with van der Waals surface area (Å²) in [6.45, 7) is 2.37. The van der Waals surface area contributed by atoms with Gasteiger partial charge in [0, 0.05) is 40.1 Å². The smallest absolute Gasteiger partial charge is 0.269 e. The minimum absolute atomic E-state index is 0.00153. The lowest BCUT2D eigenvalue weighted by Crippen LogP contribution is -2.13. The number of halogens is 2. The van der Waals surface area contributed by atoms with E-state index in [1.54, 1.807) is 30.3 Å². The second-order valence-corrected chi connectivity index (χ2v) is 7.18. The molecule has 3 rings (SSSR count). The fraction of sp³-hybridized carbons (Fsp3) is 0.150. The predicted octanol–water partition coefficient (Wildman–Crippen LogP) is 5.02. The molecule has 8 heteroatoms. The van der Waals surface area contributed by atoms with Crippen molar-refractivity contribution in [2.75, 3.05) is 0 Å². The van der Waals surface area contributed by atoms with E-state index in [0.29, 0.717) is 28.6 Å². The Bertz CT molecular complexity index is 1060. The third kappa shape index (κ3) is 4.03. The lowest BCUT2D eigenvalue weighted by Gasteiger charge is -2.13. The van der Waals surface area contributed by atoms with Gasteiger partial charge in [-0.15, -0.1) is 0 Å². The third-order valence-electron chi connectivity index (χ3n) is 4.63. The molecule has 0 fully saturated rings. The molecular formula is C20H17Cl2N3O3. The van der Waals surface area contributed by atoms with Gasteiger partial charge in [0.1, 0.15) is 0 Å². The number of carbonyl (C=O) groups is 1. The lowest BCUT2D eigenvalue weighted by molar-refractivity contribution is -0.384. The van der Waals surface area contributed by atoms with E-state index in [4.69, 9.17) is 28.9 Å². The number of benzene rings is 2. The van der Waals surface area contributed by atoms with Crippen LogP contribution in [0.15, 0.2) is 48.5 Å². The number of rotatable bonds is 6. The maximum absolute atomic E-state index is 11.8. The van der Waals surface area contributed by atoms with Crippen molar-refractivity contribution < 1.29 is 9.72 Å². The van der Waals surface area contributed by atoms with Gasteiger partial charge in [-0.05, 0) is 54.8 Å². The Morgan fingerprint density at radius 3 is 2.39 bits per heavy atom. The normalized spacial score (nSPS) is 10.8. The molecule has 0 saturated heterocycles. The summed E-state index contributed by atoms with van der Waals surface area (Å²) in [5, 5.41) is 12.0. The van der Waals surface area contributed by atoms with E-state index in [-0.39, 0.29) is 5.69 Å². The summed E-state index contributed by atoms with van der Waals surface area (Å²) in [7, 11) is 0. The second kappa shape index (κ2) is 8.04. The van der Waals surface area contributed by atoms with Crippen molar-refractivity contribution in [2.24, 2.45) is 5.73 Å². The first kappa shape index (κ1) is 19.9. The molecule has 0 spiro atoms. The van der Waals surface area contributed by atoms with E-state index in [9.17, 15) is 14.9 Å². The van der Waals surface area contributed by atoms with Gasteiger partial charge < -0.3 is 10.3 Å². The number of carbonyl (C=O) groups excluding carboxylic acids is 1. The summed E-state index contributed by atoms with van der Waals surface area (Å²) in [4.78, 5) is 22.3. The summed E-state index contributed by atoms with van der Waals surface area (Å²) in [6, 6.07) is 13.2. The van der Waals surface area contributed by atoms with Crippen LogP contribution in [0, 0.1) is 17.0 Å². The van der Waals surface area contributed by atoms with E-state index in [0.717, 1.165) is 22.5 Å². The van der Waals surface area contributed by atoms with Crippen LogP contribution in [0.1, 0.15) is 21.6 Å². The van der Waals surface area contributed by atoms with Crippen LogP contribution in [0.5, 0.6) is 0 Å². The molecule has 1 heterocycles. The highest BCUT2D eigenvalue weighted by molar-refractivity contribution is 6.35. The molecule has 1 amide bonds. The molecule has 0 aliphatic rings. The molecule has 2 aromatic carbocycles. The second-order valence-electron chi connectivity index (χ2n) is 6.33. The van der Waals surface area contributed by atoms with Gasteiger partial charge in [-0.3, -0.25) is 14.9 Å². The first-order chi connectivity index (χ1) is 13.3. The molecule has 0 aliphatic heterocycles. The number of aromatic nitrogens is 1. The van der Waals surface area contributed by atoms with Gasteiger partial charge in [-0.25, -0.2) is 0 Å². The minimum atomic E-state index is -0.524. The lowest BCUT2D eigenvalue weighted by atomic mass is 10.1. The Morgan fingerprint density at radius 1 is 1.14 bits per heavy atom. The number of hydrogen-bond donors (Lipinski definition) is 1. The van der Waals surface area contributed by atoms with Gasteiger partial charge in [0.25, 0.3) is 11.6 Å². The van der Waals surface area contributed by atoms with Crippen LogP contribution in [0.2, 0.25) is 10.0 Å². The van der Waals surface area contributed by atoms with Gasteiger partial charge >= 0.3 is 0 Å². The van der Waals surface area contributed by atoms with Crippen LogP contribution in [0.25, 0.3) is 11.3 Å². The number of nitro groups is 1. The first-order valence-corrected chi connectivity index (χ1v) is 9.22. The zero-order chi connectivity index (χ0) is 20.4. The molecule has 144 valence electrons. The number of aryl methyl sites for hydroxylation is 1. The number of primary amides is 1. The number of nitrogens with two attached hydrogens (primary N) is 1. The van der Waals surface area contributed by atoms with E-state index < -0.39 is 10.8 Å². The van der Waals surface area contributed by atoms with Gasteiger partial charge in [-0.2, -0.15) is 0 Å². The fourth-order valence-electron chi connectivity index (χ4n) is 3.13.